The maximum Gasteiger partial charge on any atom is 0.387 e. The van der Waals surface area contributed by atoms with E-state index in [0.29, 0.717) is 0 Å². The largest absolute Gasteiger partial charge is 0.768 e. The van der Waals surface area contributed by atoms with Crippen LogP contribution in [0, 0.1) is 4.78 Å². The van der Waals surface area contributed by atoms with E-state index in [-0.39, 0.29) is 0 Å². The number of hydrogen-bond donors (Lipinski definition) is 1. The summed E-state index contributed by atoms with van der Waals surface area (Å²) in [6.07, 6.45) is 0. The molecular formula is C4HF8NO3S2-2. The van der Waals surface area contributed by atoms with Crippen LogP contribution in [0.5, 0.6) is 0 Å². The summed E-state index contributed by atoms with van der Waals surface area (Å²) in [4.78, 5) is 0. The Morgan fingerprint density at radius 2 is 1.28 bits per heavy atom. The van der Waals surface area contributed by atoms with Crippen molar-refractivity contribution in [3.8, 4) is 0 Å². The maximum atomic E-state index is 12.5. The van der Waals surface area contributed by atoms with Gasteiger partial charge in [0.15, 0.2) is 0 Å². The Balaban J connectivity index is 5.97. The normalized spacial score (nSPS) is 17.0. The first-order chi connectivity index (χ1) is 7.64. The minimum Gasteiger partial charge on any atom is -0.768 e. The summed E-state index contributed by atoms with van der Waals surface area (Å²) in [5.41, 5.74) is 0. The Morgan fingerprint density at radius 3 is 1.50 bits per heavy atom. The van der Waals surface area contributed by atoms with Gasteiger partial charge in [0.1, 0.15) is 0 Å². The fraction of sp³-hybridized carbons (Fsp3) is 1.00. The second-order valence-electron chi connectivity index (χ2n) is 2.69. The van der Waals surface area contributed by atoms with Crippen molar-refractivity contribution in [3.63, 3.8) is 0 Å². The van der Waals surface area contributed by atoms with Gasteiger partial charge in [-0.3, -0.25) is 4.21 Å². The molecule has 0 saturated carbocycles. The number of halogens is 8. The number of rotatable bonds is 5. The first kappa shape index (κ1) is 17.5. The third kappa shape index (κ3) is 2.20. The summed E-state index contributed by atoms with van der Waals surface area (Å²) in [7, 11) is -4.69. The molecule has 4 nitrogen and oxygen atoms in total. The highest BCUT2D eigenvalue weighted by molar-refractivity contribution is 7.80. The van der Waals surface area contributed by atoms with Gasteiger partial charge in [0.2, 0.25) is 0 Å². The van der Waals surface area contributed by atoms with E-state index in [1.54, 1.807) is 0 Å². The second-order valence-corrected chi connectivity index (χ2v) is 4.72. The van der Waals surface area contributed by atoms with Crippen molar-refractivity contribution in [2.75, 3.05) is 0 Å². The van der Waals surface area contributed by atoms with Crippen molar-refractivity contribution in [2.45, 2.75) is 22.4 Å². The predicted octanol–water partition coefficient (Wildman–Crippen LogP) is 2.05. The van der Waals surface area contributed by atoms with E-state index in [1.807, 2.05) is 0 Å². The van der Waals surface area contributed by atoms with Crippen LogP contribution in [0.3, 0.4) is 0 Å². The fourth-order valence-electron chi connectivity index (χ4n) is 0.587. The molecule has 0 amide bonds. The predicted molar refractivity (Wildman–Crippen MR) is 39.5 cm³/mol. The van der Waals surface area contributed by atoms with E-state index in [0.717, 1.165) is 0 Å². The van der Waals surface area contributed by atoms with Crippen LogP contribution in [-0.4, -0.2) is 31.1 Å². The molecule has 1 N–H and O–H groups in total. The van der Waals surface area contributed by atoms with E-state index >= 15 is 0 Å². The van der Waals surface area contributed by atoms with Crippen LogP contribution in [-0.2, 0) is 25.9 Å². The molecule has 0 radical (unpaired) electrons. The summed E-state index contributed by atoms with van der Waals surface area (Å²) in [6, 6.07) is 0. The van der Waals surface area contributed by atoms with Gasteiger partial charge in [0.25, 0.3) is 5.25 Å². The molecule has 18 heavy (non-hydrogen) atoms. The SMILES string of the molecule is N=[S-](=O)C(F)(F)C(F)(F)C(F)(F)C(F)(F)S(=O)[O-]. The quantitative estimate of drug-likeness (QED) is 0.477. The van der Waals surface area contributed by atoms with Crippen molar-refractivity contribution in [3.05, 3.63) is 0 Å². The summed E-state index contributed by atoms with van der Waals surface area (Å²) >= 11 is -5.15. The molecule has 0 bridgehead atoms. The van der Waals surface area contributed by atoms with Gasteiger partial charge in [0.05, 0.1) is 0 Å². The van der Waals surface area contributed by atoms with Crippen LogP contribution >= 0.6 is 0 Å². The van der Waals surface area contributed by atoms with Gasteiger partial charge in [0, 0.05) is 11.1 Å². The molecular weight excluding hydrogens is 326 g/mol. The Kier molecular flexibility index (Phi) is 4.43. The molecule has 0 aromatic carbocycles. The molecule has 0 rings (SSSR count). The molecule has 0 saturated heterocycles. The van der Waals surface area contributed by atoms with Crippen molar-refractivity contribution in [1.82, 2.24) is 0 Å². The molecule has 14 heteroatoms. The summed E-state index contributed by atoms with van der Waals surface area (Å²) in [5.74, 6) is -14.1. The molecule has 0 aliphatic heterocycles. The average molecular weight is 327 g/mol. The summed E-state index contributed by atoms with van der Waals surface area (Å²) < 4.78 is 134. The Bertz CT molecular complexity index is 424. The summed E-state index contributed by atoms with van der Waals surface area (Å²) in [5, 5.41) is -12.9. The van der Waals surface area contributed by atoms with Gasteiger partial charge in [-0.2, -0.15) is 26.3 Å². The van der Waals surface area contributed by atoms with E-state index < -0.39 is 44.0 Å². The van der Waals surface area contributed by atoms with Crippen LogP contribution in [0.4, 0.5) is 35.1 Å². The second kappa shape index (κ2) is 4.56. The maximum absolute atomic E-state index is 12.5. The minimum absolute atomic E-state index is 4.69. The first-order valence-electron chi connectivity index (χ1n) is 3.37. The monoisotopic (exact) mass is 327 g/mol. The molecule has 0 aliphatic carbocycles. The zero-order valence-corrected chi connectivity index (χ0v) is 9.20. The van der Waals surface area contributed by atoms with Crippen LogP contribution < -0.4 is 0 Å². The molecule has 0 aromatic rings. The lowest BCUT2D eigenvalue weighted by Gasteiger charge is -2.38. The third-order valence-electron chi connectivity index (χ3n) is 1.57. The molecule has 0 spiro atoms. The smallest absolute Gasteiger partial charge is 0.387 e. The highest BCUT2D eigenvalue weighted by Crippen LogP contribution is 2.53. The zero-order valence-electron chi connectivity index (χ0n) is 7.56. The lowest BCUT2D eigenvalue weighted by molar-refractivity contribution is -0.324. The topological polar surface area (TPSA) is 81.0 Å². The molecule has 0 fully saturated rings. The van der Waals surface area contributed by atoms with Gasteiger partial charge in [-0.1, -0.05) is 0 Å². The molecule has 1 atom stereocenters. The molecule has 0 heterocycles. The van der Waals surface area contributed by atoms with Crippen molar-refractivity contribution in [2.24, 2.45) is 0 Å². The van der Waals surface area contributed by atoms with Crippen LogP contribution in [0.2, 0.25) is 0 Å². The van der Waals surface area contributed by atoms with Gasteiger partial charge in [-0.05, 0) is 0 Å². The van der Waals surface area contributed by atoms with Crippen LogP contribution in [0.15, 0.2) is 0 Å². The molecule has 0 aromatic heterocycles. The Morgan fingerprint density at radius 1 is 0.944 bits per heavy atom. The van der Waals surface area contributed by atoms with Gasteiger partial charge in [-0.25, -0.2) is 8.78 Å². The average Bonchev–Trinajstić information content (AvgIpc) is 2.15. The third-order valence-corrected chi connectivity index (χ3v) is 2.96. The van der Waals surface area contributed by atoms with E-state index in [4.69, 9.17) is 4.78 Å². The number of nitrogens with one attached hydrogen (secondary N) is 1. The van der Waals surface area contributed by atoms with Gasteiger partial charge >= 0.3 is 17.1 Å². The first-order valence-corrected chi connectivity index (χ1v) is 5.60. The van der Waals surface area contributed by atoms with E-state index in [1.165, 1.54) is 0 Å². The fourth-order valence-corrected chi connectivity index (χ4v) is 1.29. The standard InChI is InChI=1S/C4H2F8NO3S2/c5-1(6,3(9,10)17(13)14)2(7,8)4(11,12)18(15)16/h13H,(H,15,16)/q-1/p-1. The highest BCUT2D eigenvalue weighted by Gasteiger charge is 2.79. The minimum atomic E-state index is -7.06. The van der Waals surface area contributed by atoms with Crippen molar-refractivity contribution >= 4 is 21.7 Å². The van der Waals surface area contributed by atoms with Gasteiger partial charge in [-0.15, -0.1) is 10.6 Å². The van der Waals surface area contributed by atoms with Gasteiger partial charge < -0.3 is 13.5 Å². The number of hydrogen-bond acceptors (Lipinski definition) is 5. The number of alkyl halides is 8. The van der Waals surface area contributed by atoms with E-state index in [9.17, 15) is 48.1 Å². The van der Waals surface area contributed by atoms with Crippen LogP contribution in [0.1, 0.15) is 0 Å². The molecule has 1 unspecified atom stereocenters. The highest BCUT2D eigenvalue weighted by atomic mass is 32.2. The zero-order chi connectivity index (χ0) is 15.2. The Hall–Kier alpha value is -0.500. The lowest BCUT2D eigenvalue weighted by Crippen LogP contribution is -2.63. The Labute approximate surface area is 97.6 Å². The summed E-state index contributed by atoms with van der Waals surface area (Å²) in [6.45, 7) is 0. The van der Waals surface area contributed by atoms with Crippen molar-refractivity contribution < 1.29 is 48.1 Å². The van der Waals surface area contributed by atoms with Crippen LogP contribution in [0.25, 0.3) is 0 Å². The lowest BCUT2D eigenvalue weighted by atomic mass is 10.2. The molecule has 110 valence electrons. The molecule has 0 aliphatic rings. The van der Waals surface area contributed by atoms with Crippen molar-refractivity contribution in [1.29, 1.82) is 4.78 Å². The van der Waals surface area contributed by atoms with E-state index in [2.05, 4.69) is 0 Å².